The highest BCUT2D eigenvalue weighted by Crippen LogP contribution is 2.24. The standard InChI is InChI=1S/C22H34N4O2/c1-2-3-8-21(27)25-13-9-20(10-14-25)26-12-5-7-19(17-26)22(28)24-16-18-6-4-11-23-15-18/h4,6,11,15,19-20H,2-3,5,7-10,12-14,16-17H2,1H3,(H,24,28)/t19-/m0/s1. The van der Waals surface area contributed by atoms with E-state index < -0.39 is 0 Å². The van der Waals surface area contributed by atoms with Gasteiger partial charge in [0.1, 0.15) is 0 Å². The minimum Gasteiger partial charge on any atom is -0.352 e. The molecule has 1 aromatic rings. The van der Waals surface area contributed by atoms with Gasteiger partial charge in [-0.2, -0.15) is 0 Å². The third-order valence-corrected chi connectivity index (χ3v) is 6.09. The number of aromatic nitrogens is 1. The van der Waals surface area contributed by atoms with Gasteiger partial charge in [0.2, 0.25) is 11.8 Å². The summed E-state index contributed by atoms with van der Waals surface area (Å²) in [7, 11) is 0. The van der Waals surface area contributed by atoms with Crippen LogP contribution in [0.2, 0.25) is 0 Å². The van der Waals surface area contributed by atoms with Crippen molar-refractivity contribution in [2.45, 2.75) is 64.5 Å². The second-order valence-electron chi connectivity index (χ2n) is 8.13. The number of unbranched alkanes of at least 4 members (excludes halogenated alkanes) is 1. The topological polar surface area (TPSA) is 65.5 Å². The molecule has 0 unspecified atom stereocenters. The van der Waals surface area contributed by atoms with Gasteiger partial charge in [-0.15, -0.1) is 0 Å². The summed E-state index contributed by atoms with van der Waals surface area (Å²) in [6.45, 7) is 6.30. The van der Waals surface area contributed by atoms with Crippen molar-refractivity contribution in [3.63, 3.8) is 0 Å². The average Bonchev–Trinajstić information content (AvgIpc) is 2.76. The van der Waals surface area contributed by atoms with Crippen molar-refractivity contribution in [3.8, 4) is 0 Å². The number of hydrogen-bond acceptors (Lipinski definition) is 4. The molecule has 1 N–H and O–H groups in total. The Kier molecular flexibility index (Phi) is 7.83. The highest BCUT2D eigenvalue weighted by molar-refractivity contribution is 5.79. The Morgan fingerprint density at radius 2 is 2.04 bits per heavy atom. The molecule has 28 heavy (non-hydrogen) atoms. The van der Waals surface area contributed by atoms with E-state index in [-0.39, 0.29) is 11.8 Å². The number of nitrogens with one attached hydrogen (secondary N) is 1. The van der Waals surface area contributed by atoms with E-state index in [2.05, 4.69) is 22.1 Å². The predicted octanol–water partition coefficient (Wildman–Crippen LogP) is 2.59. The lowest BCUT2D eigenvalue weighted by Gasteiger charge is -2.42. The fraction of sp³-hybridized carbons (Fsp3) is 0.682. The van der Waals surface area contributed by atoms with Crippen LogP contribution in [-0.2, 0) is 16.1 Å². The van der Waals surface area contributed by atoms with E-state index in [9.17, 15) is 9.59 Å². The monoisotopic (exact) mass is 386 g/mol. The Balaban J connectivity index is 1.43. The Morgan fingerprint density at radius 1 is 1.21 bits per heavy atom. The number of carbonyl (C=O) groups is 2. The summed E-state index contributed by atoms with van der Waals surface area (Å²) in [5.41, 5.74) is 1.03. The molecule has 1 aromatic heterocycles. The quantitative estimate of drug-likeness (QED) is 0.782. The van der Waals surface area contributed by atoms with Gasteiger partial charge in [-0.25, -0.2) is 0 Å². The first kappa shape index (κ1) is 20.8. The summed E-state index contributed by atoms with van der Waals surface area (Å²) in [6.07, 6.45) is 10.4. The number of likely N-dealkylation sites (tertiary alicyclic amines) is 2. The second kappa shape index (κ2) is 10.6. The van der Waals surface area contributed by atoms with E-state index in [0.717, 1.165) is 70.3 Å². The number of piperidine rings is 2. The highest BCUT2D eigenvalue weighted by Gasteiger charge is 2.32. The van der Waals surface area contributed by atoms with E-state index in [4.69, 9.17) is 0 Å². The van der Waals surface area contributed by atoms with Crippen LogP contribution >= 0.6 is 0 Å². The molecule has 0 aromatic carbocycles. The van der Waals surface area contributed by atoms with Crippen LogP contribution in [0.15, 0.2) is 24.5 Å². The van der Waals surface area contributed by atoms with E-state index in [1.807, 2.05) is 17.0 Å². The maximum atomic E-state index is 12.6. The lowest BCUT2D eigenvalue weighted by atomic mass is 9.93. The maximum absolute atomic E-state index is 12.6. The molecule has 1 atom stereocenters. The van der Waals surface area contributed by atoms with Crippen molar-refractivity contribution < 1.29 is 9.59 Å². The van der Waals surface area contributed by atoms with Crippen molar-refractivity contribution in [1.29, 1.82) is 0 Å². The summed E-state index contributed by atoms with van der Waals surface area (Å²) in [5.74, 6) is 0.530. The lowest BCUT2D eigenvalue weighted by Crippen LogP contribution is -2.51. The normalized spacial score (nSPS) is 21.5. The summed E-state index contributed by atoms with van der Waals surface area (Å²) in [4.78, 5) is 33.5. The molecule has 0 bridgehead atoms. The van der Waals surface area contributed by atoms with Crippen LogP contribution in [0.4, 0.5) is 0 Å². The molecule has 6 nitrogen and oxygen atoms in total. The minimum atomic E-state index is 0.0645. The summed E-state index contributed by atoms with van der Waals surface area (Å²) in [6, 6.07) is 4.38. The van der Waals surface area contributed by atoms with Crippen molar-refractivity contribution in [2.75, 3.05) is 26.2 Å². The van der Waals surface area contributed by atoms with Gasteiger partial charge in [-0.3, -0.25) is 19.5 Å². The van der Waals surface area contributed by atoms with E-state index in [1.165, 1.54) is 0 Å². The van der Waals surface area contributed by atoms with Crippen LogP contribution in [0.25, 0.3) is 0 Å². The molecule has 2 amide bonds. The first-order valence-electron chi connectivity index (χ1n) is 10.9. The predicted molar refractivity (Wildman–Crippen MR) is 110 cm³/mol. The highest BCUT2D eigenvalue weighted by atomic mass is 16.2. The number of carbonyl (C=O) groups excluding carboxylic acids is 2. The Labute approximate surface area is 168 Å². The number of pyridine rings is 1. The zero-order valence-electron chi connectivity index (χ0n) is 17.1. The van der Waals surface area contributed by atoms with Crippen LogP contribution in [0.1, 0.15) is 57.4 Å². The molecule has 3 rings (SSSR count). The van der Waals surface area contributed by atoms with Crippen molar-refractivity contribution in [2.24, 2.45) is 5.92 Å². The van der Waals surface area contributed by atoms with Crippen LogP contribution < -0.4 is 5.32 Å². The average molecular weight is 387 g/mol. The molecule has 0 spiro atoms. The number of nitrogens with zero attached hydrogens (tertiary/aromatic N) is 3. The molecule has 2 aliphatic rings. The van der Waals surface area contributed by atoms with Gasteiger partial charge in [0.05, 0.1) is 5.92 Å². The van der Waals surface area contributed by atoms with Crippen LogP contribution in [0.5, 0.6) is 0 Å². The van der Waals surface area contributed by atoms with Gasteiger partial charge in [0.15, 0.2) is 0 Å². The number of hydrogen-bond donors (Lipinski definition) is 1. The van der Waals surface area contributed by atoms with E-state index >= 15 is 0 Å². The molecule has 0 saturated carbocycles. The van der Waals surface area contributed by atoms with Gasteiger partial charge in [0, 0.05) is 51.0 Å². The smallest absolute Gasteiger partial charge is 0.224 e. The summed E-state index contributed by atoms with van der Waals surface area (Å²) in [5, 5.41) is 3.08. The van der Waals surface area contributed by atoms with Crippen LogP contribution in [-0.4, -0.2) is 58.8 Å². The van der Waals surface area contributed by atoms with Gasteiger partial charge in [-0.05, 0) is 50.3 Å². The van der Waals surface area contributed by atoms with Gasteiger partial charge in [-0.1, -0.05) is 19.4 Å². The minimum absolute atomic E-state index is 0.0645. The van der Waals surface area contributed by atoms with Gasteiger partial charge in [0.25, 0.3) is 0 Å². The largest absolute Gasteiger partial charge is 0.352 e. The Bertz CT molecular complexity index is 629. The second-order valence-corrected chi connectivity index (χ2v) is 8.13. The maximum Gasteiger partial charge on any atom is 0.224 e. The molecule has 2 saturated heterocycles. The molecule has 0 radical (unpaired) electrons. The van der Waals surface area contributed by atoms with E-state index in [0.29, 0.717) is 24.9 Å². The van der Waals surface area contributed by atoms with Crippen molar-refractivity contribution in [1.82, 2.24) is 20.1 Å². The summed E-state index contributed by atoms with van der Waals surface area (Å²) < 4.78 is 0. The third-order valence-electron chi connectivity index (χ3n) is 6.09. The molecule has 154 valence electrons. The van der Waals surface area contributed by atoms with Crippen molar-refractivity contribution in [3.05, 3.63) is 30.1 Å². The molecule has 2 aliphatic heterocycles. The first-order chi connectivity index (χ1) is 13.7. The number of amides is 2. The zero-order chi connectivity index (χ0) is 19.8. The molecule has 6 heteroatoms. The lowest BCUT2D eigenvalue weighted by molar-refractivity contribution is -0.133. The zero-order valence-corrected chi connectivity index (χ0v) is 17.1. The fourth-order valence-corrected chi connectivity index (χ4v) is 4.35. The summed E-state index contributed by atoms with van der Waals surface area (Å²) >= 11 is 0. The van der Waals surface area contributed by atoms with Crippen LogP contribution in [0, 0.1) is 5.92 Å². The first-order valence-corrected chi connectivity index (χ1v) is 10.9. The molecule has 2 fully saturated rings. The molecule has 3 heterocycles. The Hall–Kier alpha value is -1.95. The number of rotatable bonds is 7. The molecular formula is C22H34N4O2. The molecule has 0 aliphatic carbocycles. The van der Waals surface area contributed by atoms with Gasteiger partial charge < -0.3 is 10.2 Å². The van der Waals surface area contributed by atoms with E-state index in [1.54, 1.807) is 12.4 Å². The Morgan fingerprint density at radius 3 is 2.75 bits per heavy atom. The SMILES string of the molecule is CCCCC(=O)N1CCC(N2CCC[C@H](C(=O)NCc3cccnc3)C2)CC1. The van der Waals surface area contributed by atoms with Crippen molar-refractivity contribution >= 4 is 11.8 Å². The third kappa shape index (κ3) is 5.77. The fourth-order valence-electron chi connectivity index (χ4n) is 4.35. The van der Waals surface area contributed by atoms with Gasteiger partial charge >= 0.3 is 0 Å². The van der Waals surface area contributed by atoms with Crippen LogP contribution in [0.3, 0.4) is 0 Å². The molecular weight excluding hydrogens is 352 g/mol.